The van der Waals surface area contributed by atoms with Crippen LogP contribution in [0.2, 0.25) is 0 Å². The number of ether oxygens (including phenoxy) is 5. The first-order valence-corrected chi connectivity index (χ1v) is 9.46. The topological polar surface area (TPSA) is 46.2 Å². The van der Waals surface area contributed by atoms with Crippen molar-refractivity contribution in [2.75, 3.05) is 28.4 Å². The van der Waals surface area contributed by atoms with Crippen LogP contribution in [0.25, 0.3) is 0 Å². The third-order valence-electron chi connectivity index (χ3n) is 5.45. The summed E-state index contributed by atoms with van der Waals surface area (Å²) in [6.45, 7) is 8.11. The molecule has 154 valence electrons. The molecule has 4 unspecified atom stereocenters. The van der Waals surface area contributed by atoms with Gasteiger partial charge in [0.2, 0.25) is 0 Å². The maximum atomic E-state index is 6.55. The normalized spacial score (nSPS) is 23.3. The number of hydrogen-bond donors (Lipinski definition) is 0. The molecule has 1 aliphatic rings. The molecular formula is C24H28O5. The molecule has 5 heteroatoms. The SMILES string of the molecule is C=CC1C(c2ccc(OC)c(OC)c2)OC(c2ccc(OC)c(OC)c2)C1C=C. The van der Waals surface area contributed by atoms with Gasteiger partial charge in [-0.1, -0.05) is 24.3 Å². The molecule has 2 aromatic carbocycles. The molecule has 2 aromatic rings. The average molecular weight is 396 g/mol. The third-order valence-corrected chi connectivity index (χ3v) is 5.45. The van der Waals surface area contributed by atoms with E-state index in [0.29, 0.717) is 23.0 Å². The van der Waals surface area contributed by atoms with E-state index in [9.17, 15) is 0 Å². The minimum atomic E-state index is -0.187. The van der Waals surface area contributed by atoms with E-state index < -0.39 is 0 Å². The van der Waals surface area contributed by atoms with E-state index >= 15 is 0 Å². The predicted octanol–water partition coefficient (Wildman–Crippen LogP) is 5.14. The Kier molecular flexibility index (Phi) is 6.49. The first-order valence-electron chi connectivity index (χ1n) is 9.46. The van der Waals surface area contributed by atoms with Gasteiger partial charge in [0.15, 0.2) is 23.0 Å². The van der Waals surface area contributed by atoms with Crippen LogP contribution in [0.3, 0.4) is 0 Å². The van der Waals surface area contributed by atoms with Crippen molar-refractivity contribution in [3.8, 4) is 23.0 Å². The van der Waals surface area contributed by atoms with Gasteiger partial charge in [0.25, 0.3) is 0 Å². The molecule has 0 radical (unpaired) electrons. The summed E-state index contributed by atoms with van der Waals surface area (Å²) in [6.07, 6.45) is 3.50. The molecule has 0 bridgehead atoms. The molecule has 0 saturated carbocycles. The summed E-state index contributed by atoms with van der Waals surface area (Å²) in [7, 11) is 6.50. The molecule has 1 heterocycles. The lowest BCUT2D eigenvalue weighted by molar-refractivity contribution is 0.0325. The highest BCUT2D eigenvalue weighted by Crippen LogP contribution is 2.52. The zero-order chi connectivity index (χ0) is 21.0. The minimum absolute atomic E-state index is 0.0590. The molecule has 0 N–H and O–H groups in total. The van der Waals surface area contributed by atoms with Crippen molar-refractivity contribution < 1.29 is 23.7 Å². The van der Waals surface area contributed by atoms with Crippen molar-refractivity contribution in [1.82, 2.24) is 0 Å². The maximum absolute atomic E-state index is 6.55. The molecule has 5 nitrogen and oxygen atoms in total. The molecule has 0 aromatic heterocycles. The van der Waals surface area contributed by atoms with Crippen LogP contribution in [0.15, 0.2) is 61.7 Å². The molecule has 1 fully saturated rings. The molecule has 1 saturated heterocycles. The fourth-order valence-corrected chi connectivity index (χ4v) is 3.97. The van der Waals surface area contributed by atoms with Gasteiger partial charge < -0.3 is 23.7 Å². The molecule has 0 amide bonds. The lowest BCUT2D eigenvalue weighted by Crippen LogP contribution is -2.12. The standard InChI is InChI=1S/C24H28O5/c1-7-17-18(8-2)24(16-10-12-20(26-4)22(14-16)28-6)29-23(17)15-9-11-19(25-3)21(13-15)27-5/h7-14,17-18,23-24H,1-2H2,3-6H3. The van der Waals surface area contributed by atoms with Gasteiger partial charge >= 0.3 is 0 Å². The van der Waals surface area contributed by atoms with Gasteiger partial charge in [-0.15, -0.1) is 13.2 Å². The van der Waals surface area contributed by atoms with Gasteiger partial charge in [0.05, 0.1) is 40.6 Å². The Morgan fingerprint density at radius 3 is 1.34 bits per heavy atom. The fourth-order valence-electron chi connectivity index (χ4n) is 3.97. The van der Waals surface area contributed by atoms with Crippen LogP contribution >= 0.6 is 0 Å². The number of hydrogen-bond acceptors (Lipinski definition) is 5. The second kappa shape index (κ2) is 9.05. The van der Waals surface area contributed by atoms with Gasteiger partial charge in [-0.2, -0.15) is 0 Å². The quantitative estimate of drug-likeness (QED) is 0.578. The summed E-state index contributed by atoms with van der Waals surface area (Å²) in [6, 6.07) is 11.7. The number of benzene rings is 2. The van der Waals surface area contributed by atoms with Crippen molar-refractivity contribution in [3.63, 3.8) is 0 Å². The van der Waals surface area contributed by atoms with Crippen molar-refractivity contribution in [2.45, 2.75) is 12.2 Å². The zero-order valence-electron chi connectivity index (χ0n) is 17.4. The van der Waals surface area contributed by atoms with Crippen LogP contribution in [0.4, 0.5) is 0 Å². The molecule has 0 spiro atoms. The first kappa shape index (κ1) is 20.8. The second-order valence-electron chi connectivity index (χ2n) is 6.83. The van der Waals surface area contributed by atoms with Gasteiger partial charge in [-0.25, -0.2) is 0 Å². The average Bonchev–Trinajstić information content (AvgIpc) is 3.16. The van der Waals surface area contributed by atoms with Crippen LogP contribution in [-0.2, 0) is 4.74 Å². The predicted molar refractivity (Wildman–Crippen MR) is 113 cm³/mol. The Labute approximate surface area is 172 Å². The number of methoxy groups -OCH3 is 4. The zero-order valence-corrected chi connectivity index (χ0v) is 17.4. The molecule has 29 heavy (non-hydrogen) atoms. The van der Waals surface area contributed by atoms with E-state index in [4.69, 9.17) is 23.7 Å². The lowest BCUT2D eigenvalue weighted by atomic mass is 9.83. The van der Waals surface area contributed by atoms with Crippen LogP contribution in [-0.4, -0.2) is 28.4 Å². The van der Waals surface area contributed by atoms with Gasteiger partial charge in [-0.3, -0.25) is 0 Å². The Hall–Kier alpha value is -2.92. The maximum Gasteiger partial charge on any atom is 0.161 e. The smallest absolute Gasteiger partial charge is 0.161 e. The van der Waals surface area contributed by atoms with E-state index in [1.165, 1.54) is 0 Å². The summed E-state index contributed by atoms with van der Waals surface area (Å²) in [4.78, 5) is 0. The highest BCUT2D eigenvalue weighted by Gasteiger charge is 2.43. The van der Waals surface area contributed by atoms with E-state index in [-0.39, 0.29) is 24.0 Å². The minimum Gasteiger partial charge on any atom is -0.493 e. The molecule has 4 atom stereocenters. The summed E-state index contributed by atoms with van der Waals surface area (Å²) < 4.78 is 28.2. The Bertz CT molecular complexity index is 804. The summed E-state index contributed by atoms with van der Waals surface area (Å²) in [5.74, 6) is 2.82. The van der Waals surface area contributed by atoms with Crippen molar-refractivity contribution in [1.29, 1.82) is 0 Å². The van der Waals surface area contributed by atoms with Crippen LogP contribution in [0, 0.1) is 11.8 Å². The highest BCUT2D eigenvalue weighted by atomic mass is 16.5. The lowest BCUT2D eigenvalue weighted by Gasteiger charge is -2.19. The number of rotatable bonds is 8. The fraction of sp³-hybridized carbons (Fsp3) is 0.333. The van der Waals surface area contributed by atoms with Crippen LogP contribution in [0.1, 0.15) is 23.3 Å². The highest BCUT2D eigenvalue weighted by molar-refractivity contribution is 5.46. The molecular weight excluding hydrogens is 368 g/mol. The van der Waals surface area contributed by atoms with Crippen LogP contribution < -0.4 is 18.9 Å². The van der Waals surface area contributed by atoms with E-state index in [1.807, 2.05) is 48.6 Å². The molecule has 1 aliphatic heterocycles. The van der Waals surface area contributed by atoms with E-state index in [2.05, 4.69) is 13.2 Å². The third kappa shape index (κ3) is 3.83. The van der Waals surface area contributed by atoms with Crippen molar-refractivity contribution in [2.24, 2.45) is 11.8 Å². The van der Waals surface area contributed by atoms with Crippen molar-refractivity contribution in [3.05, 3.63) is 72.8 Å². The van der Waals surface area contributed by atoms with Crippen LogP contribution in [0.5, 0.6) is 23.0 Å². The second-order valence-corrected chi connectivity index (χ2v) is 6.83. The molecule has 0 aliphatic carbocycles. The largest absolute Gasteiger partial charge is 0.493 e. The molecule has 3 rings (SSSR count). The van der Waals surface area contributed by atoms with Gasteiger partial charge in [0, 0.05) is 11.8 Å². The van der Waals surface area contributed by atoms with E-state index in [1.54, 1.807) is 28.4 Å². The van der Waals surface area contributed by atoms with E-state index in [0.717, 1.165) is 11.1 Å². The van der Waals surface area contributed by atoms with Crippen molar-refractivity contribution >= 4 is 0 Å². The summed E-state index contributed by atoms with van der Waals surface area (Å²) in [5.41, 5.74) is 2.00. The Morgan fingerprint density at radius 1 is 0.655 bits per heavy atom. The monoisotopic (exact) mass is 396 g/mol. The Balaban J connectivity index is 2.00. The summed E-state index contributed by atoms with van der Waals surface area (Å²) >= 11 is 0. The Morgan fingerprint density at radius 2 is 1.03 bits per heavy atom. The van der Waals surface area contributed by atoms with Gasteiger partial charge in [-0.05, 0) is 35.4 Å². The summed E-state index contributed by atoms with van der Waals surface area (Å²) in [5, 5.41) is 0. The first-order chi connectivity index (χ1) is 14.1. The van der Waals surface area contributed by atoms with Gasteiger partial charge in [0.1, 0.15) is 0 Å².